The summed E-state index contributed by atoms with van der Waals surface area (Å²) in [7, 11) is 1.07. The second-order valence-electron chi connectivity index (χ2n) is 5.52. The molecule has 0 aliphatic rings. The van der Waals surface area contributed by atoms with Crippen molar-refractivity contribution in [3.63, 3.8) is 0 Å². The van der Waals surface area contributed by atoms with E-state index in [1.807, 2.05) is 16.9 Å². The van der Waals surface area contributed by atoms with E-state index in [9.17, 15) is 4.79 Å². The largest absolute Gasteiger partial charge is 0.724 e. The van der Waals surface area contributed by atoms with Gasteiger partial charge in [0.05, 0.1) is 12.2 Å². The molecule has 0 spiro atoms. The minimum absolute atomic E-state index is 0.250. The van der Waals surface area contributed by atoms with E-state index >= 15 is 0 Å². The van der Waals surface area contributed by atoms with Crippen molar-refractivity contribution in [1.82, 2.24) is 4.68 Å². The fourth-order valence-electron chi connectivity index (χ4n) is 2.69. The second-order valence-corrected chi connectivity index (χ2v) is 5.52. The Hall–Kier alpha value is -1.98. The Kier molecular flexibility index (Phi) is 7.65. The standard InChI is InChI=1S/C17H23N2O.CH4O2/c1-5-19-15(4)9-10-18(19)12-16(20)11-17-13(2)7-6-8-14(17)3;1-3-2/h6-10H,5,11-12H2,1-4H3;2H,1H3/q+1;/p-1. The van der Waals surface area contributed by atoms with E-state index in [2.05, 4.69) is 55.5 Å². The van der Waals surface area contributed by atoms with E-state index in [1.54, 1.807) is 0 Å². The van der Waals surface area contributed by atoms with E-state index in [1.165, 1.54) is 22.4 Å². The minimum Gasteiger partial charge on any atom is -0.724 e. The number of hydrogen-bond donors (Lipinski definition) is 0. The van der Waals surface area contributed by atoms with Crippen LogP contribution < -0.4 is 9.94 Å². The van der Waals surface area contributed by atoms with Crippen LogP contribution in [0, 0.1) is 20.8 Å². The van der Waals surface area contributed by atoms with Crippen molar-refractivity contribution < 1.29 is 19.6 Å². The maximum atomic E-state index is 12.3. The molecule has 0 aliphatic heterocycles. The van der Waals surface area contributed by atoms with E-state index in [-0.39, 0.29) is 5.78 Å². The molecule has 5 nitrogen and oxygen atoms in total. The lowest BCUT2D eigenvalue weighted by Crippen LogP contribution is -2.46. The molecule has 0 amide bonds. The van der Waals surface area contributed by atoms with Gasteiger partial charge in [-0.2, -0.15) is 4.68 Å². The molecule has 0 saturated heterocycles. The SMILES string of the molecule is CCn1c(C)cc[n+]1CC(=O)Cc1c(C)cccc1C.CO[O-]. The molecular formula is C18H26N2O3. The lowest BCUT2D eigenvalue weighted by molar-refractivity contribution is -0.764. The number of nitrogens with zero attached hydrogens (tertiary/aromatic N) is 2. The van der Waals surface area contributed by atoms with Crippen molar-refractivity contribution in [3.05, 3.63) is 52.8 Å². The molecule has 0 radical (unpaired) electrons. The minimum atomic E-state index is 0.250. The van der Waals surface area contributed by atoms with Crippen molar-refractivity contribution in [2.75, 3.05) is 7.11 Å². The third-order valence-electron chi connectivity index (χ3n) is 3.86. The molecule has 0 N–H and O–H groups in total. The molecule has 0 aliphatic carbocycles. The number of rotatable bonds is 5. The van der Waals surface area contributed by atoms with Crippen molar-refractivity contribution in [2.24, 2.45) is 0 Å². The third-order valence-corrected chi connectivity index (χ3v) is 3.86. The van der Waals surface area contributed by atoms with E-state index < -0.39 is 0 Å². The maximum Gasteiger partial charge on any atom is 0.230 e. The van der Waals surface area contributed by atoms with Gasteiger partial charge < -0.3 is 10.1 Å². The summed E-state index contributed by atoms with van der Waals surface area (Å²) in [5, 5.41) is 8.43. The average molecular weight is 318 g/mol. The van der Waals surface area contributed by atoms with Crippen LogP contribution in [-0.2, 0) is 29.2 Å². The van der Waals surface area contributed by atoms with Gasteiger partial charge in [0.25, 0.3) is 0 Å². The molecule has 0 saturated carbocycles. The number of Topliss-reactive ketones (excluding diaryl/α,β-unsaturated/α-hetero) is 1. The lowest BCUT2D eigenvalue weighted by atomic mass is 9.98. The first kappa shape index (κ1) is 19.1. The Morgan fingerprint density at radius 1 is 1.22 bits per heavy atom. The van der Waals surface area contributed by atoms with Crippen LogP contribution in [0.3, 0.4) is 0 Å². The van der Waals surface area contributed by atoms with Crippen LogP contribution in [0.5, 0.6) is 0 Å². The summed E-state index contributed by atoms with van der Waals surface area (Å²) in [6.07, 6.45) is 2.50. The van der Waals surface area contributed by atoms with Gasteiger partial charge in [-0.25, -0.2) is 0 Å². The number of aromatic nitrogens is 2. The van der Waals surface area contributed by atoms with Crippen LogP contribution in [0.4, 0.5) is 0 Å². The molecule has 2 aromatic rings. The summed E-state index contributed by atoms with van der Waals surface area (Å²) in [5.41, 5.74) is 4.76. The predicted molar refractivity (Wildman–Crippen MR) is 86.7 cm³/mol. The first-order chi connectivity index (χ1) is 10.9. The molecule has 0 fully saturated rings. The molecular weight excluding hydrogens is 292 g/mol. The highest BCUT2D eigenvalue weighted by molar-refractivity contribution is 5.80. The zero-order chi connectivity index (χ0) is 17.4. The Balaban J connectivity index is 0.000000816. The molecule has 1 aromatic carbocycles. The van der Waals surface area contributed by atoms with Crippen LogP contribution in [0.25, 0.3) is 0 Å². The summed E-state index contributed by atoms with van der Waals surface area (Å²) >= 11 is 0. The highest BCUT2D eigenvalue weighted by atomic mass is 17.1. The monoisotopic (exact) mass is 318 g/mol. The highest BCUT2D eigenvalue weighted by Gasteiger charge is 2.17. The van der Waals surface area contributed by atoms with Gasteiger partial charge in [0.1, 0.15) is 0 Å². The Labute approximate surface area is 138 Å². The van der Waals surface area contributed by atoms with Gasteiger partial charge in [-0.15, -0.1) is 4.68 Å². The predicted octanol–water partition coefficient (Wildman–Crippen LogP) is 1.44. The lowest BCUT2D eigenvalue weighted by Gasteiger charge is -2.08. The summed E-state index contributed by atoms with van der Waals surface area (Å²) in [4.78, 5) is 15.3. The van der Waals surface area contributed by atoms with Gasteiger partial charge in [-0.05, 0) is 44.4 Å². The van der Waals surface area contributed by atoms with Crippen molar-refractivity contribution in [3.8, 4) is 0 Å². The van der Waals surface area contributed by atoms with Gasteiger partial charge in [-0.3, -0.25) is 4.79 Å². The molecule has 1 heterocycles. The van der Waals surface area contributed by atoms with Gasteiger partial charge >= 0.3 is 0 Å². The van der Waals surface area contributed by atoms with Gasteiger partial charge in [0.2, 0.25) is 12.3 Å². The van der Waals surface area contributed by atoms with Crippen molar-refractivity contribution in [2.45, 2.75) is 47.2 Å². The summed E-state index contributed by atoms with van der Waals surface area (Å²) in [5.74, 6) is 0.250. The van der Waals surface area contributed by atoms with Crippen LogP contribution >= 0.6 is 0 Å². The highest BCUT2D eigenvalue weighted by Crippen LogP contribution is 2.14. The molecule has 0 bridgehead atoms. The smallest absolute Gasteiger partial charge is 0.230 e. The first-order valence-corrected chi connectivity index (χ1v) is 7.73. The van der Waals surface area contributed by atoms with Crippen molar-refractivity contribution >= 4 is 5.78 Å². The van der Waals surface area contributed by atoms with E-state index in [0.717, 1.165) is 13.7 Å². The summed E-state index contributed by atoms with van der Waals surface area (Å²) in [6, 6.07) is 8.23. The number of benzene rings is 1. The zero-order valence-electron chi connectivity index (χ0n) is 14.6. The fourth-order valence-corrected chi connectivity index (χ4v) is 2.69. The van der Waals surface area contributed by atoms with Crippen molar-refractivity contribution in [1.29, 1.82) is 0 Å². The van der Waals surface area contributed by atoms with E-state index in [0.29, 0.717) is 13.0 Å². The Morgan fingerprint density at radius 3 is 2.30 bits per heavy atom. The normalized spacial score (nSPS) is 10.2. The Morgan fingerprint density at radius 2 is 1.78 bits per heavy atom. The molecule has 0 unspecified atom stereocenters. The molecule has 5 heteroatoms. The van der Waals surface area contributed by atoms with Crippen LogP contribution in [0.1, 0.15) is 29.3 Å². The number of ketones is 1. The van der Waals surface area contributed by atoms with Gasteiger partial charge in [0, 0.05) is 19.6 Å². The zero-order valence-corrected chi connectivity index (χ0v) is 14.6. The van der Waals surface area contributed by atoms with Gasteiger partial charge in [0.15, 0.2) is 6.20 Å². The van der Waals surface area contributed by atoms with Crippen LogP contribution in [-0.4, -0.2) is 17.6 Å². The van der Waals surface area contributed by atoms with Gasteiger partial charge in [-0.1, -0.05) is 18.2 Å². The van der Waals surface area contributed by atoms with Crippen LogP contribution in [0.2, 0.25) is 0 Å². The molecule has 126 valence electrons. The fraction of sp³-hybridized carbons (Fsp3) is 0.444. The second kappa shape index (κ2) is 9.22. The summed E-state index contributed by atoms with van der Waals surface area (Å²) < 4.78 is 4.13. The number of carbonyl (C=O) groups excluding carboxylic acids is 1. The molecule has 0 atom stereocenters. The summed E-state index contributed by atoms with van der Waals surface area (Å²) in [6.45, 7) is 9.63. The Bertz CT molecular complexity index is 627. The quantitative estimate of drug-likeness (QED) is 0.476. The van der Waals surface area contributed by atoms with E-state index in [4.69, 9.17) is 5.26 Å². The molecule has 2 rings (SSSR count). The topological polar surface area (TPSA) is 58.2 Å². The first-order valence-electron chi connectivity index (χ1n) is 7.73. The maximum absolute atomic E-state index is 12.3. The average Bonchev–Trinajstić information content (AvgIpc) is 2.84. The number of aryl methyl sites for hydroxylation is 3. The molecule has 1 aromatic heterocycles. The van der Waals surface area contributed by atoms with Crippen LogP contribution in [0.15, 0.2) is 30.5 Å². The molecule has 23 heavy (non-hydrogen) atoms. The number of carbonyl (C=O) groups is 1. The third kappa shape index (κ3) is 5.30. The number of hydrogen-bond acceptors (Lipinski definition) is 3.